The maximum atomic E-state index is 13.4. The van der Waals surface area contributed by atoms with Crippen LogP contribution in [0.2, 0.25) is 0 Å². The molecule has 1 amide bonds. The van der Waals surface area contributed by atoms with Gasteiger partial charge in [-0.05, 0) is 41.8 Å². The number of anilines is 3. The maximum absolute atomic E-state index is 13.4. The number of halogens is 2. The van der Waals surface area contributed by atoms with Crippen LogP contribution in [0.4, 0.5) is 26.0 Å². The molecule has 1 heterocycles. The summed E-state index contributed by atoms with van der Waals surface area (Å²) in [4.78, 5) is 15.9. The van der Waals surface area contributed by atoms with Crippen LogP contribution in [0.5, 0.6) is 0 Å². The summed E-state index contributed by atoms with van der Waals surface area (Å²) < 4.78 is 50.8. The van der Waals surface area contributed by atoms with Gasteiger partial charge in [0.2, 0.25) is 0 Å². The fraction of sp³-hybridized carbons (Fsp3) is 0.217. The summed E-state index contributed by atoms with van der Waals surface area (Å²) in [5, 5.41) is 6.03. The SMILES string of the molecule is CCCS(=O)(=O)Cc1ccc(Nc2cc(NCc3cc(F)cc(F)c3)c(C(N)=O)cn2)cc1. The van der Waals surface area contributed by atoms with Gasteiger partial charge in [-0.1, -0.05) is 19.1 Å². The molecule has 0 bridgehead atoms. The summed E-state index contributed by atoms with van der Waals surface area (Å²) in [6.45, 7) is 1.87. The van der Waals surface area contributed by atoms with Crippen LogP contribution in [0.1, 0.15) is 34.8 Å². The Morgan fingerprint density at radius 3 is 2.30 bits per heavy atom. The fourth-order valence-electron chi connectivity index (χ4n) is 3.25. The highest BCUT2D eigenvalue weighted by Gasteiger charge is 2.13. The summed E-state index contributed by atoms with van der Waals surface area (Å²) in [6.07, 6.45) is 1.87. The van der Waals surface area contributed by atoms with E-state index in [1.165, 1.54) is 18.3 Å². The summed E-state index contributed by atoms with van der Waals surface area (Å²) in [5.74, 6) is -1.61. The molecule has 0 unspecified atom stereocenters. The van der Waals surface area contributed by atoms with Gasteiger partial charge < -0.3 is 16.4 Å². The van der Waals surface area contributed by atoms with Crippen LogP contribution in [0.15, 0.2) is 54.7 Å². The van der Waals surface area contributed by atoms with Gasteiger partial charge in [0.05, 0.1) is 22.8 Å². The Bertz CT molecular complexity index is 1230. The number of hydrogen-bond donors (Lipinski definition) is 3. The number of primary amides is 1. The molecule has 0 atom stereocenters. The number of benzene rings is 2. The van der Waals surface area contributed by atoms with E-state index in [9.17, 15) is 22.0 Å². The molecule has 0 aliphatic heterocycles. The fourth-order valence-corrected chi connectivity index (χ4v) is 4.71. The van der Waals surface area contributed by atoms with E-state index in [1.807, 2.05) is 6.92 Å². The molecule has 0 spiro atoms. The Kier molecular flexibility index (Phi) is 7.59. The standard InChI is InChI=1S/C23H24F2N4O3S/c1-2-7-33(31,32)14-15-3-5-19(6-4-15)29-22-11-21(20(13-28-22)23(26)30)27-12-16-8-17(24)10-18(25)9-16/h3-6,8-11,13H,2,7,12,14H2,1H3,(H2,26,30)(H2,27,28,29). The molecule has 0 fully saturated rings. The zero-order chi connectivity index (χ0) is 24.0. The molecule has 0 saturated carbocycles. The number of aromatic nitrogens is 1. The topological polar surface area (TPSA) is 114 Å². The smallest absolute Gasteiger partial charge is 0.252 e. The van der Waals surface area contributed by atoms with Crippen LogP contribution in [0.25, 0.3) is 0 Å². The first-order chi connectivity index (χ1) is 15.6. The number of carbonyl (C=O) groups excluding carboxylic acids is 1. The Morgan fingerprint density at radius 2 is 1.70 bits per heavy atom. The van der Waals surface area contributed by atoms with Gasteiger partial charge in [0.1, 0.15) is 17.5 Å². The largest absolute Gasteiger partial charge is 0.380 e. The van der Waals surface area contributed by atoms with Gasteiger partial charge in [-0.25, -0.2) is 22.2 Å². The van der Waals surface area contributed by atoms with Gasteiger partial charge >= 0.3 is 0 Å². The van der Waals surface area contributed by atoms with E-state index in [1.54, 1.807) is 30.3 Å². The molecule has 0 saturated heterocycles. The molecular formula is C23H24F2N4O3S. The lowest BCUT2D eigenvalue weighted by Gasteiger charge is -2.13. The number of carbonyl (C=O) groups is 1. The Labute approximate surface area is 191 Å². The zero-order valence-corrected chi connectivity index (χ0v) is 18.8. The molecule has 0 aliphatic rings. The van der Waals surface area contributed by atoms with Crippen molar-refractivity contribution in [1.82, 2.24) is 4.98 Å². The number of nitrogens with two attached hydrogens (primary N) is 1. The minimum Gasteiger partial charge on any atom is -0.380 e. The molecule has 3 rings (SSSR count). The molecule has 7 nitrogen and oxygen atoms in total. The molecule has 4 N–H and O–H groups in total. The van der Waals surface area contributed by atoms with Gasteiger partial charge in [-0.2, -0.15) is 0 Å². The van der Waals surface area contributed by atoms with E-state index < -0.39 is 27.4 Å². The van der Waals surface area contributed by atoms with E-state index in [0.717, 1.165) is 6.07 Å². The minimum absolute atomic E-state index is 0.0264. The first-order valence-electron chi connectivity index (χ1n) is 10.2. The van der Waals surface area contributed by atoms with Gasteiger partial charge in [-0.3, -0.25) is 4.79 Å². The zero-order valence-electron chi connectivity index (χ0n) is 17.9. The van der Waals surface area contributed by atoms with Crippen molar-refractivity contribution in [3.63, 3.8) is 0 Å². The molecule has 0 radical (unpaired) electrons. The van der Waals surface area contributed by atoms with Gasteiger partial charge in [0.15, 0.2) is 9.84 Å². The monoisotopic (exact) mass is 474 g/mol. The third-order valence-corrected chi connectivity index (χ3v) is 6.51. The highest BCUT2D eigenvalue weighted by atomic mass is 32.2. The lowest BCUT2D eigenvalue weighted by atomic mass is 10.1. The van der Waals surface area contributed by atoms with Crippen LogP contribution in [0, 0.1) is 11.6 Å². The molecule has 33 heavy (non-hydrogen) atoms. The van der Waals surface area contributed by atoms with Crippen molar-refractivity contribution in [2.45, 2.75) is 25.6 Å². The van der Waals surface area contributed by atoms with Crippen LogP contribution < -0.4 is 16.4 Å². The lowest BCUT2D eigenvalue weighted by Crippen LogP contribution is -2.15. The van der Waals surface area contributed by atoms with E-state index in [2.05, 4.69) is 15.6 Å². The van der Waals surface area contributed by atoms with E-state index >= 15 is 0 Å². The van der Waals surface area contributed by atoms with Crippen LogP contribution in [-0.4, -0.2) is 25.1 Å². The number of pyridine rings is 1. The second-order valence-electron chi connectivity index (χ2n) is 7.52. The van der Waals surface area contributed by atoms with Gasteiger partial charge in [0, 0.05) is 30.6 Å². The van der Waals surface area contributed by atoms with E-state index in [-0.39, 0.29) is 23.6 Å². The minimum atomic E-state index is -3.14. The Hall–Kier alpha value is -3.53. The van der Waals surface area contributed by atoms with Crippen molar-refractivity contribution in [2.75, 3.05) is 16.4 Å². The second kappa shape index (κ2) is 10.4. The molecule has 10 heteroatoms. The van der Waals surface area contributed by atoms with Crippen molar-refractivity contribution < 1.29 is 22.0 Å². The van der Waals surface area contributed by atoms with Crippen LogP contribution in [0.3, 0.4) is 0 Å². The van der Waals surface area contributed by atoms with Crippen molar-refractivity contribution in [2.24, 2.45) is 5.73 Å². The summed E-state index contributed by atoms with van der Waals surface area (Å²) in [6, 6.07) is 11.6. The number of rotatable bonds is 10. The third kappa shape index (κ3) is 6.98. The first kappa shape index (κ1) is 24.1. The Morgan fingerprint density at radius 1 is 1.03 bits per heavy atom. The molecule has 3 aromatic rings. The molecule has 0 aliphatic carbocycles. The maximum Gasteiger partial charge on any atom is 0.252 e. The van der Waals surface area contributed by atoms with E-state index in [4.69, 9.17) is 5.73 Å². The van der Waals surface area contributed by atoms with Crippen molar-refractivity contribution in [1.29, 1.82) is 0 Å². The van der Waals surface area contributed by atoms with Crippen molar-refractivity contribution >= 4 is 32.9 Å². The predicted molar refractivity (Wildman–Crippen MR) is 124 cm³/mol. The Balaban J connectivity index is 1.75. The van der Waals surface area contributed by atoms with Gasteiger partial charge in [-0.15, -0.1) is 0 Å². The third-order valence-electron chi connectivity index (χ3n) is 4.70. The number of amides is 1. The number of nitrogens with zero attached hydrogens (tertiary/aromatic N) is 1. The summed E-state index contributed by atoms with van der Waals surface area (Å²) in [7, 11) is -3.14. The molecule has 1 aromatic heterocycles. The summed E-state index contributed by atoms with van der Waals surface area (Å²) >= 11 is 0. The number of hydrogen-bond acceptors (Lipinski definition) is 6. The van der Waals surface area contributed by atoms with Crippen LogP contribution >= 0.6 is 0 Å². The highest BCUT2D eigenvalue weighted by molar-refractivity contribution is 7.90. The quantitative estimate of drug-likeness (QED) is 0.407. The van der Waals surface area contributed by atoms with Crippen molar-refractivity contribution in [3.8, 4) is 0 Å². The first-order valence-corrected chi connectivity index (χ1v) is 12.0. The second-order valence-corrected chi connectivity index (χ2v) is 9.71. The average Bonchev–Trinajstić information content (AvgIpc) is 2.72. The number of sulfone groups is 1. The summed E-state index contributed by atoms with van der Waals surface area (Å²) in [5.41, 5.74) is 7.56. The average molecular weight is 475 g/mol. The van der Waals surface area contributed by atoms with Crippen LogP contribution in [-0.2, 0) is 22.1 Å². The van der Waals surface area contributed by atoms with E-state index in [0.29, 0.717) is 34.7 Å². The number of nitrogens with one attached hydrogen (secondary N) is 2. The molecule has 2 aromatic carbocycles. The van der Waals surface area contributed by atoms with Gasteiger partial charge in [0.25, 0.3) is 5.91 Å². The highest BCUT2D eigenvalue weighted by Crippen LogP contribution is 2.23. The van der Waals surface area contributed by atoms with Crippen molar-refractivity contribution in [3.05, 3.63) is 83.1 Å². The lowest BCUT2D eigenvalue weighted by molar-refractivity contribution is 0.100. The molecule has 174 valence electrons. The molecular weight excluding hydrogens is 450 g/mol. The normalized spacial score (nSPS) is 11.2. The predicted octanol–water partition coefficient (Wildman–Crippen LogP) is 4.14.